The zero-order valence-electron chi connectivity index (χ0n) is 22.9. The van der Waals surface area contributed by atoms with Crippen molar-refractivity contribution in [2.75, 3.05) is 12.4 Å². The number of phenolic OH excluding ortho intramolecular Hbond substituents is 1. The van der Waals surface area contributed by atoms with Crippen LogP contribution in [0.3, 0.4) is 0 Å². The van der Waals surface area contributed by atoms with Gasteiger partial charge in [-0.3, -0.25) is 9.59 Å². The number of rotatable bonds is 7. The summed E-state index contributed by atoms with van der Waals surface area (Å²) in [5, 5.41) is 25.4. The van der Waals surface area contributed by atoms with Crippen molar-refractivity contribution in [2.24, 2.45) is 0 Å². The van der Waals surface area contributed by atoms with Gasteiger partial charge in [0, 0.05) is 34.5 Å². The number of nitrogens with zero attached hydrogens (tertiary/aromatic N) is 1. The normalized spacial score (nSPS) is 11.1. The Morgan fingerprint density at radius 1 is 1.05 bits per heavy atom. The summed E-state index contributed by atoms with van der Waals surface area (Å²) >= 11 is 6.23. The van der Waals surface area contributed by atoms with Gasteiger partial charge in [-0.1, -0.05) is 29.8 Å². The number of benzene rings is 4. The van der Waals surface area contributed by atoms with E-state index < -0.39 is 17.4 Å². The van der Waals surface area contributed by atoms with E-state index >= 15 is 0 Å². The number of fused-ring (bicyclic) bond motifs is 3. The number of aromatic carboxylic acids is 1. The van der Waals surface area contributed by atoms with E-state index in [0.717, 1.165) is 5.39 Å². The molecule has 3 N–H and O–H groups in total. The fraction of sp³-hybridized carbons (Fsp3) is 0.0606. The van der Waals surface area contributed by atoms with Gasteiger partial charge >= 0.3 is 11.9 Å². The molecule has 6 rings (SSSR count). The summed E-state index contributed by atoms with van der Waals surface area (Å²) in [6, 6.07) is 18.4. The lowest BCUT2D eigenvalue weighted by Crippen LogP contribution is -2.08. The predicted octanol–water partition coefficient (Wildman–Crippen LogP) is 6.38. The zero-order chi connectivity index (χ0) is 31.1. The molecule has 0 fully saturated rings. The molecule has 0 bridgehead atoms. The minimum absolute atomic E-state index is 0.00946. The smallest absolute Gasteiger partial charge is 0.337 e. The highest BCUT2D eigenvalue weighted by Crippen LogP contribution is 2.44. The molecule has 0 radical (unpaired) electrons. The molecule has 1 aliphatic carbocycles. The van der Waals surface area contributed by atoms with E-state index in [1.165, 1.54) is 43.5 Å². The van der Waals surface area contributed by atoms with Crippen LogP contribution in [0.4, 0.5) is 5.69 Å². The van der Waals surface area contributed by atoms with E-state index in [2.05, 4.69) is 10.3 Å². The Labute approximate surface area is 253 Å². The maximum atomic E-state index is 12.6. The molecule has 218 valence electrons. The second kappa shape index (κ2) is 11.2. The average molecular weight is 609 g/mol. The third-order valence-corrected chi connectivity index (χ3v) is 7.57. The van der Waals surface area contributed by atoms with Gasteiger partial charge in [0.2, 0.25) is 5.43 Å². The Balaban J connectivity index is 1.62. The second-order valence-corrected chi connectivity index (χ2v) is 10.2. The van der Waals surface area contributed by atoms with Gasteiger partial charge in [-0.15, -0.1) is 0 Å². The number of aromatic hydroxyl groups is 1. The van der Waals surface area contributed by atoms with Gasteiger partial charge in [-0.25, -0.2) is 14.6 Å². The minimum Gasteiger partial charge on any atom is -0.507 e. The van der Waals surface area contributed by atoms with Gasteiger partial charge in [-0.05, 0) is 54.1 Å². The van der Waals surface area contributed by atoms with E-state index in [1.807, 2.05) is 12.1 Å². The Kier molecular flexibility index (Phi) is 7.20. The summed E-state index contributed by atoms with van der Waals surface area (Å²) in [5.74, 6) is -2.00. The molecule has 0 saturated carbocycles. The summed E-state index contributed by atoms with van der Waals surface area (Å²) in [4.78, 5) is 53.1. The van der Waals surface area contributed by atoms with Gasteiger partial charge in [0.1, 0.15) is 22.8 Å². The van der Waals surface area contributed by atoms with Crippen molar-refractivity contribution in [2.45, 2.75) is 6.54 Å². The number of carbonyl (C=O) groups is 3. The number of hydrogen-bond acceptors (Lipinski definition) is 9. The summed E-state index contributed by atoms with van der Waals surface area (Å²) in [7, 11) is 1.21. The highest BCUT2D eigenvalue weighted by atomic mass is 35.5. The van der Waals surface area contributed by atoms with Crippen LogP contribution in [0.1, 0.15) is 36.8 Å². The van der Waals surface area contributed by atoms with Crippen molar-refractivity contribution in [1.82, 2.24) is 4.98 Å². The SMILES string of the molecule is COC(=O)c1ccc(C(=O)O)c(-c2c3cc(Cl)c(=O)cc-3oc3c(CNc4cccc5ccc(C=O)nc45)c(O)ccc23)c1. The largest absolute Gasteiger partial charge is 0.507 e. The van der Waals surface area contributed by atoms with E-state index in [1.54, 1.807) is 24.3 Å². The summed E-state index contributed by atoms with van der Waals surface area (Å²) in [6.45, 7) is 0.00946. The van der Waals surface area contributed by atoms with Crippen LogP contribution < -0.4 is 10.7 Å². The number of ether oxygens (including phenoxy) is 1. The predicted molar refractivity (Wildman–Crippen MR) is 164 cm³/mol. The minimum atomic E-state index is -1.26. The van der Waals surface area contributed by atoms with Gasteiger partial charge in [0.15, 0.2) is 6.29 Å². The number of carbonyl (C=O) groups excluding carboxylic acids is 2. The molecule has 2 aliphatic rings. The van der Waals surface area contributed by atoms with Crippen molar-refractivity contribution < 1.29 is 33.8 Å². The number of nitrogens with one attached hydrogen (secondary N) is 1. The number of pyridine rings is 1. The van der Waals surface area contributed by atoms with E-state index in [-0.39, 0.29) is 56.6 Å². The lowest BCUT2D eigenvalue weighted by molar-refractivity contribution is 0.0598. The third kappa shape index (κ3) is 4.87. The molecule has 0 amide bonds. The van der Waals surface area contributed by atoms with Gasteiger partial charge in [-0.2, -0.15) is 0 Å². The standard InChI is InChI=1S/C33H21ClN2O8/c1-43-33(42)17-6-8-19(32(40)41)21(11-17)29-20-9-10-26(38)23(31(20)44-28-13-27(39)24(34)12-22(28)29)14-35-25-4-2-3-16-5-7-18(15-37)36-30(16)25/h2-13,15,35,38H,14H2,1H3,(H,40,41). The lowest BCUT2D eigenvalue weighted by atomic mass is 9.89. The highest BCUT2D eigenvalue weighted by molar-refractivity contribution is 6.31. The van der Waals surface area contributed by atoms with Gasteiger partial charge < -0.3 is 24.7 Å². The molecule has 0 atom stereocenters. The van der Waals surface area contributed by atoms with Crippen LogP contribution in [0.2, 0.25) is 5.02 Å². The number of halogens is 1. The number of hydrogen-bond donors (Lipinski definition) is 3. The van der Waals surface area contributed by atoms with Crippen molar-refractivity contribution in [3.8, 4) is 28.2 Å². The first-order chi connectivity index (χ1) is 21.2. The number of carboxylic acids is 1. The Morgan fingerprint density at radius 2 is 1.86 bits per heavy atom. The number of carboxylic acid groups (broad SMARTS) is 1. The molecule has 44 heavy (non-hydrogen) atoms. The van der Waals surface area contributed by atoms with E-state index in [9.17, 15) is 29.4 Å². The number of anilines is 1. The molecule has 1 aliphatic heterocycles. The van der Waals surface area contributed by atoms with Crippen LogP contribution in [0, 0.1) is 0 Å². The number of para-hydroxylation sites is 1. The first kappa shape index (κ1) is 28.4. The quantitative estimate of drug-likeness (QED) is 0.105. The monoisotopic (exact) mass is 608 g/mol. The van der Waals surface area contributed by atoms with Crippen molar-refractivity contribution in [1.29, 1.82) is 0 Å². The average Bonchev–Trinajstić information content (AvgIpc) is 3.03. The Morgan fingerprint density at radius 3 is 2.61 bits per heavy atom. The zero-order valence-corrected chi connectivity index (χ0v) is 23.6. The Hall–Kier alpha value is -5.74. The van der Waals surface area contributed by atoms with Crippen molar-refractivity contribution in [3.05, 3.63) is 110 Å². The molecular weight excluding hydrogens is 588 g/mol. The Bertz CT molecular complexity index is 2190. The topological polar surface area (TPSA) is 156 Å². The first-order valence-corrected chi connectivity index (χ1v) is 13.5. The third-order valence-electron chi connectivity index (χ3n) is 7.28. The second-order valence-electron chi connectivity index (χ2n) is 9.84. The van der Waals surface area contributed by atoms with Crippen LogP contribution in [0.15, 0.2) is 82.0 Å². The van der Waals surface area contributed by atoms with Crippen LogP contribution in [-0.2, 0) is 11.3 Å². The summed E-state index contributed by atoms with van der Waals surface area (Å²) in [6.07, 6.45) is 0.648. The molecule has 0 unspecified atom stereocenters. The molecule has 10 nitrogen and oxygen atoms in total. The number of methoxy groups -OCH3 is 1. The number of phenols is 1. The number of aldehydes is 1. The van der Waals surface area contributed by atoms with Crippen LogP contribution >= 0.6 is 11.6 Å². The molecule has 2 heterocycles. The molecule has 11 heteroatoms. The van der Waals surface area contributed by atoms with Crippen LogP contribution in [0.25, 0.3) is 44.3 Å². The van der Waals surface area contributed by atoms with Crippen LogP contribution in [0.5, 0.6) is 5.75 Å². The maximum Gasteiger partial charge on any atom is 0.337 e. The fourth-order valence-electron chi connectivity index (χ4n) is 5.20. The molecule has 3 aromatic carbocycles. The molecule has 0 spiro atoms. The summed E-state index contributed by atoms with van der Waals surface area (Å²) < 4.78 is 11.1. The summed E-state index contributed by atoms with van der Waals surface area (Å²) in [5.41, 5.74) is 2.03. The van der Waals surface area contributed by atoms with E-state index in [4.69, 9.17) is 20.8 Å². The fourth-order valence-corrected chi connectivity index (χ4v) is 5.36. The number of aromatic nitrogens is 1. The van der Waals surface area contributed by atoms with E-state index in [0.29, 0.717) is 34.0 Å². The molecule has 4 aromatic rings. The number of esters is 1. The van der Waals surface area contributed by atoms with Gasteiger partial charge in [0.05, 0.1) is 40.0 Å². The highest BCUT2D eigenvalue weighted by Gasteiger charge is 2.26. The van der Waals surface area contributed by atoms with Crippen molar-refractivity contribution in [3.63, 3.8) is 0 Å². The lowest BCUT2D eigenvalue weighted by Gasteiger charge is -2.20. The molecular formula is C33H21ClN2O8. The first-order valence-electron chi connectivity index (χ1n) is 13.2. The van der Waals surface area contributed by atoms with Gasteiger partial charge in [0.25, 0.3) is 0 Å². The van der Waals surface area contributed by atoms with Crippen LogP contribution in [-0.4, -0.2) is 40.5 Å². The molecule has 1 aromatic heterocycles. The maximum absolute atomic E-state index is 12.6. The molecule has 0 saturated heterocycles. The van der Waals surface area contributed by atoms with Crippen molar-refractivity contribution >= 4 is 57.4 Å².